The summed E-state index contributed by atoms with van der Waals surface area (Å²) in [7, 11) is -1.74. The highest BCUT2D eigenvalue weighted by molar-refractivity contribution is 7.89. The SMILES string of the molecule is CCOCCNC(=O)CCC(=O)NCCOCCOCCOCCNS(=O)(=O)c1cccc(C2CN(C)Cc3c(Cl)cc(Cl)cc32)c1. The first-order valence-electron chi connectivity index (χ1n) is 15.7. The fourth-order valence-electron chi connectivity index (χ4n) is 4.98. The van der Waals surface area contributed by atoms with Crippen LogP contribution in [0.1, 0.15) is 42.4 Å². The standard InChI is InChI=1S/C32H46Cl2N4O8S/c1-3-43-12-9-35-31(39)7-8-32(40)36-10-13-44-15-17-46-18-16-45-14-11-37-47(41,42)26-6-4-5-24(19-26)28-22-38(2)23-29-27(28)20-25(33)21-30(29)34/h4-6,19-21,28,37H,3,7-18,22-23H2,1-2H3,(H,35,39)(H,36,40). The average molecular weight is 718 g/mol. The molecule has 47 heavy (non-hydrogen) atoms. The summed E-state index contributed by atoms with van der Waals surface area (Å²) in [5, 5.41) is 6.55. The molecule has 0 aliphatic carbocycles. The summed E-state index contributed by atoms with van der Waals surface area (Å²) in [4.78, 5) is 25.8. The molecule has 2 aromatic rings. The smallest absolute Gasteiger partial charge is 0.240 e. The number of nitrogens with one attached hydrogen (secondary N) is 3. The first kappa shape index (κ1) is 39.1. The number of fused-ring (bicyclic) bond motifs is 1. The fraction of sp³-hybridized carbons (Fsp3) is 0.562. The molecule has 2 aromatic carbocycles. The Morgan fingerprint density at radius 3 is 2.09 bits per heavy atom. The molecule has 3 rings (SSSR count). The van der Waals surface area contributed by atoms with Gasteiger partial charge in [-0.05, 0) is 54.9 Å². The van der Waals surface area contributed by atoms with Crippen LogP contribution in [0.5, 0.6) is 0 Å². The quantitative estimate of drug-likeness (QED) is 0.157. The lowest BCUT2D eigenvalue weighted by atomic mass is 9.85. The van der Waals surface area contributed by atoms with E-state index >= 15 is 0 Å². The third-order valence-corrected chi connectivity index (χ3v) is 9.28. The van der Waals surface area contributed by atoms with E-state index in [4.69, 9.17) is 42.1 Å². The summed E-state index contributed by atoms with van der Waals surface area (Å²) in [5.74, 6) is -0.474. The molecule has 3 N–H and O–H groups in total. The lowest BCUT2D eigenvalue weighted by molar-refractivity contribution is -0.126. The van der Waals surface area contributed by atoms with Crippen molar-refractivity contribution in [1.29, 1.82) is 0 Å². The predicted molar refractivity (Wildman–Crippen MR) is 180 cm³/mol. The van der Waals surface area contributed by atoms with Gasteiger partial charge in [0, 0.05) is 68.1 Å². The Morgan fingerprint density at radius 2 is 1.45 bits per heavy atom. The molecule has 15 heteroatoms. The number of likely N-dealkylation sites (N-methyl/N-ethyl adjacent to an activating group) is 1. The summed E-state index contributed by atoms with van der Waals surface area (Å²) in [6.07, 6.45) is 0.230. The number of ether oxygens (including phenoxy) is 4. The highest BCUT2D eigenvalue weighted by atomic mass is 35.5. The molecule has 1 atom stereocenters. The summed E-state index contributed by atoms with van der Waals surface area (Å²) >= 11 is 12.8. The molecule has 2 amide bonds. The van der Waals surface area contributed by atoms with Gasteiger partial charge in [0.05, 0.1) is 51.1 Å². The second-order valence-electron chi connectivity index (χ2n) is 10.9. The minimum absolute atomic E-state index is 0.0722. The number of halogens is 2. The van der Waals surface area contributed by atoms with E-state index in [1.165, 1.54) is 0 Å². The summed E-state index contributed by atoms with van der Waals surface area (Å²) in [6, 6.07) is 10.6. The number of benzene rings is 2. The summed E-state index contributed by atoms with van der Waals surface area (Å²) < 4.78 is 50.1. The van der Waals surface area contributed by atoms with Gasteiger partial charge in [-0.15, -0.1) is 0 Å². The Kier molecular flexibility index (Phi) is 17.4. The highest BCUT2D eigenvalue weighted by Crippen LogP contribution is 2.38. The molecule has 0 saturated heterocycles. The number of hydrogen-bond acceptors (Lipinski definition) is 9. The average Bonchev–Trinajstić information content (AvgIpc) is 3.04. The zero-order valence-corrected chi connectivity index (χ0v) is 29.4. The Bertz CT molecular complexity index is 1400. The lowest BCUT2D eigenvalue weighted by Gasteiger charge is -2.33. The molecule has 1 aliphatic rings. The van der Waals surface area contributed by atoms with Gasteiger partial charge in [0.1, 0.15) is 0 Å². The van der Waals surface area contributed by atoms with Gasteiger partial charge in [-0.25, -0.2) is 13.1 Å². The Labute approximate surface area is 287 Å². The van der Waals surface area contributed by atoms with E-state index in [1.54, 1.807) is 24.3 Å². The van der Waals surface area contributed by atoms with Crippen molar-refractivity contribution in [2.75, 3.05) is 86.1 Å². The molecule has 0 aromatic heterocycles. The van der Waals surface area contributed by atoms with E-state index in [0.717, 1.165) is 16.7 Å². The maximum atomic E-state index is 13.0. The van der Waals surface area contributed by atoms with Gasteiger partial charge in [-0.3, -0.25) is 9.59 Å². The Hall–Kier alpha value is -2.33. The molecule has 0 fully saturated rings. The van der Waals surface area contributed by atoms with Gasteiger partial charge in [0.25, 0.3) is 0 Å². The maximum Gasteiger partial charge on any atom is 0.240 e. The number of sulfonamides is 1. The molecule has 262 valence electrons. The van der Waals surface area contributed by atoms with Gasteiger partial charge in [-0.1, -0.05) is 35.3 Å². The van der Waals surface area contributed by atoms with Gasteiger partial charge >= 0.3 is 0 Å². The molecule has 0 spiro atoms. The fourth-order valence-corrected chi connectivity index (χ4v) is 6.61. The zero-order valence-electron chi connectivity index (χ0n) is 27.0. The molecule has 0 radical (unpaired) electrons. The number of amides is 2. The summed E-state index contributed by atoms with van der Waals surface area (Å²) in [6.45, 7) is 7.03. The van der Waals surface area contributed by atoms with E-state index in [9.17, 15) is 18.0 Å². The predicted octanol–water partition coefficient (Wildman–Crippen LogP) is 2.95. The Morgan fingerprint density at radius 1 is 0.851 bits per heavy atom. The second-order valence-corrected chi connectivity index (χ2v) is 13.5. The first-order chi connectivity index (χ1) is 22.6. The molecule has 1 unspecified atom stereocenters. The van der Waals surface area contributed by atoms with E-state index in [0.29, 0.717) is 82.5 Å². The third kappa shape index (κ3) is 14.0. The monoisotopic (exact) mass is 716 g/mol. The van der Waals surface area contributed by atoms with Gasteiger partial charge in [-0.2, -0.15) is 0 Å². The van der Waals surface area contributed by atoms with Gasteiger partial charge in [0.2, 0.25) is 21.8 Å². The van der Waals surface area contributed by atoms with Crippen molar-refractivity contribution < 1.29 is 37.0 Å². The van der Waals surface area contributed by atoms with E-state index < -0.39 is 10.0 Å². The van der Waals surface area contributed by atoms with Crippen molar-refractivity contribution in [2.45, 2.75) is 37.1 Å². The van der Waals surface area contributed by atoms with Gasteiger partial charge in [0.15, 0.2) is 0 Å². The maximum absolute atomic E-state index is 13.0. The summed E-state index contributed by atoms with van der Waals surface area (Å²) in [5.41, 5.74) is 2.88. The van der Waals surface area contributed by atoms with Crippen LogP contribution in [0, 0.1) is 0 Å². The zero-order chi connectivity index (χ0) is 34.1. The van der Waals surface area contributed by atoms with Crippen LogP contribution < -0.4 is 15.4 Å². The van der Waals surface area contributed by atoms with Crippen LogP contribution in [-0.2, 0) is 45.1 Å². The molecular formula is C32H46Cl2N4O8S. The van der Waals surface area contributed by atoms with E-state index in [-0.39, 0.29) is 48.6 Å². The topological polar surface area (TPSA) is 145 Å². The number of carbonyl (C=O) groups is 2. The third-order valence-electron chi connectivity index (χ3n) is 7.27. The molecule has 12 nitrogen and oxygen atoms in total. The van der Waals surface area contributed by atoms with Crippen LogP contribution in [0.25, 0.3) is 0 Å². The number of hydrogen-bond donors (Lipinski definition) is 3. The van der Waals surface area contributed by atoms with Crippen molar-refractivity contribution in [3.05, 3.63) is 63.1 Å². The largest absolute Gasteiger partial charge is 0.380 e. The molecule has 1 heterocycles. The molecule has 0 saturated carbocycles. The van der Waals surface area contributed by atoms with Crippen LogP contribution in [0.3, 0.4) is 0 Å². The van der Waals surface area contributed by atoms with Crippen molar-refractivity contribution in [3.63, 3.8) is 0 Å². The Balaban J connectivity index is 1.24. The van der Waals surface area contributed by atoms with Gasteiger partial charge < -0.3 is 34.5 Å². The lowest BCUT2D eigenvalue weighted by Crippen LogP contribution is -2.31. The number of nitrogens with zero attached hydrogens (tertiary/aromatic N) is 1. The van der Waals surface area contributed by atoms with Crippen LogP contribution in [0.15, 0.2) is 41.3 Å². The van der Waals surface area contributed by atoms with Crippen LogP contribution in [-0.4, -0.2) is 111 Å². The second kappa shape index (κ2) is 20.9. The van der Waals surface area contributed by atoms with Crippen LogP contribution in [0.4, 0.5) is 0 Å². The minimum Gasteiger partial charge on any atom is -0.380 e. The minimum atomic E-state index is -3.75. The highest BCUT2D eigenvalue weighted by Gasteiger charge is 2.28. The number of carbonyl (C=O) groups excluding carboxylic acids is 2. The number of rotatable bonds is 22. The van der Waals surface area contributed by atoms with Crippen LogP contribution in [0.2, 0.25) is 10.0 Å². The molecule has 0 bridgehead atoms. The van der Waals surface area contributed by atoms with Crippen molar-refractivity contribution >= 4 is 45.0 Å². The van der Waals surface area contributed by atoms with Crippen LogP contribution >= 0.6 is 23.2 Å². The molecule has 1 aliphatic heterocycles. The van der Waals surface area contributed by atoms with Crippen molar-refractivity contribution in [1.82, 2.24) is 20.3 Å². The van der Waals surface area contributed by atoms with E-state index in [1.807, 2.05) is 26.1 Å². The molecular weight excluding hydrogens is 671 g/mol. The normalized spacial score (nSPS) is 14.9. The first-order valence-corrected chi connectivity index (χ1v) is 17.9. The van der Waals surface area contributed by atoms with Crippen molar-refractivity contribution in [3.8, 4) is 0 Å². The van der Waals surface area contributed by atoms with E-state index in [2.05, 4.69) is 20.3 Å². The van der Waals surface area contributed by atoms with Crippen molar-refractivity contribution in [2.24, 2.45) is 0 Å².